The van der Waals surface area contributed by atoms with E-state index in [0.29, 0.717) is 34.4 Å². The molecule has 3 aromatic rings. The van der Waals surface area contributed by atoms with Crippen molar-refractivity contribution in [2.45, 2.75) is 19.9 Å². The molecule has 1 aliphatic rings. The Morgan fingerprint density at radius 2 is 1.75 bits per heavy atom. The predicted octanol–water partition coefficient (Wildman–Crippen LogP) is 6.39. The zero-order valence-corrected chi connectivity index (χ0v) is 19.2. The molecule has 0 radical (unpaired) electrons. The van der Waals surface area contributed by atoms with Crippen LogP contribution in [-0.2, 0) is 6.54 Å². The van der Waals surface area contributed by atoms with Crippen LogP contribution < -0.4 is 10.2 Å². The zero-order chi connectivity index (χ0) is 22.7. The van der Waals surface area contributed by atoms with Gasteiger partial charge in [0.05, 0.1) is 10.0 Å². The summed E-state index contributed by atoms with van der Waals surface area (Å²) >= 11 is 11.9. The van der Waals surface area contributed by atoms with Gasteiger partial charge in [0.25, 0.3) is 5.91 Å². The maximum Gasteiger partial charge on any atom is 0.324 e. The van der Waals surface area contributed by atoms with Crippen LogP contribution in [0.5, 0.6) is 0 Å². The molecule has 1 aliphatic heterocycles. The fraction of sp³-hybridized carbons (Fsp3) is 0.200. The Bertz CT molecular complexity index is 1150. The van der Waals surface area contributed by atoms with Gasteiger partial charge in [-0.25, -0.2) is 4.79 Å². The predicted molar refractivity (Wildman–Crippen MR) is 130 cm³/mol. The van der Waals surface area contributed by atoms with Crippen LogP contribution in [0.4, 0.5) is 16.2 Å². The maximum atomic E-state index is 13.1. The number of benzene rings is 3. The highest BCUT2D eigenvalue weighted by atomic mass is 35.5. The molecule has 1 fully saturated rings. The molecule has 0 saturated carbocycles. The first-order valence-corrected chi connectivity index (χ1v) is 11.1. The Balaban J connectivity index is 1.43. The Morgan fingerprint density at radius 1 is 0.969 bits per heavy atom. The average Bonchev–Trinajstić information content (AvgIpc) is 2.78. The Hall–Kier alpha value is -3.02. The lowest BCUT2D eigenvalue weighted by atomic mass is 10.1. The summed E-state index contributed by atoms with van der Waals surface area (Å²) in [4.78, 5) is 29.2. The van der Waals surface area contributed by atoms with E-state index in [9.17, 15) is 9.59 Å². The van der Waals surface area contributed by atoms with Crippen molar-refractivity contribution in [3.8, 4) is 0 Å². The average molecular weight is 468 g/mol. The number of rotatable bonds is 5. The number of carbonyl (C=O) groups is 2. The SMILES string of the molecule is Cc1cccc(CN2CCCN(c3ccc(NC(=O)c4ccc(Cl)c(Cl)c4)cc3)C2=O)c1. The van der Waals surface area contributed by atoms with Crippen molar-refractivity contribution in [3.05, 3.63) is 93.5 Å². The molecule has 0 spiro atoms. The highest BCUT2D eigenvalue weighted by Gasteiger charge is 2.26. The van der Waals surface area contributed by atoms with Crippen molar-refractivity contribution in [1.82, 2.24) is 4.90 Å². The largest absolute Gasteiger partial charge is 0.324 e. The van der Waals surface area contributed by atoms with Crippen LogP contribution in [0, 0.1) is 6.92 Å². The molecule has 3 aromatic carbocycles. The summed E-state index contributed by atoms with van der Waals surface area (Å²) in [6.45, 7) is 4.05. The molecule has 0 aliphatic carbocycles. The van der Waals surface area contributed by atoms with Crippen molar-refractivity contribution in [2.24, 2.45) is 0 Å². The van der Waals surface area contributed by atoms with Crippen LogP contribution in [0.3, 0.4) is 0 Å². The molecule has 4 rings (SSSR count). The molecule has 7 heteroatoms. The third-order valence-electron chi connectivity index (χ3n) is 5.39. The van der Waals surface area contributed by atoms with Crippen molar-refractivity contribution in [1.29, 1.82) is 0 Å². The Kier molecular flexibility index (Phi) is 6.68. The number of aryl methyl sites for hydroxylation is 1. The van der Waals surface area contributed by atoms with Crippen LogP contribution in [0.25, 0.3) is 0 Å². The summed E-state index contributed by atoms with van der Waals surface area (Å²) in [7, 11) is 0. The van der Waals surface area contributed by atoms with Gasteiger partial charge in [-0.3, -0.25) is 9.69 Å². The molecule has 3 amide bonds. The van der Waals surface area contributed by atoms with E-state index in [1.165, 1.54) is 11.6 Å². The minimum Gasteiger partial charge on any atom is -0.322 e. The zero-order valence-electron chi connectivity index (χ0n) is 17.6. The highest BCUT2D eigenvalue weighted by molar-refractivity contribution is 6.42. The first-order chi connectivity index (χ1) is 15.4. The number of hydrogen-bond acceptors (Lipinski definition) is 2. The van der Waals surface area contributed by atoms with Crippen LogP contribution >= 0.6 is 23.2 Å². The molecule has 5 nitrogen and oxygen atoms in total. The normalized spacial score (nSPS) is 13.9. The van der Waals surface area contributed by atoms with Gasteiger partial charge in [-0.05, 0) is 61.4 Å². The number of urea groups is 1. The minimum absolute atomic E-state index is 0.00894. The van der Waals surface area contributed by atoms with E-state index >= 15 is 0 Å². The third kappa shape index (κ3) is 5.06. The van der Waals surface area contributed by atoms with Crippen LogP contribution in [-0.4, -0.2) is 29.9 Å². The molecule has 1 heterocycles. The summed E-state index contributed by atoms with van der Waals surface area (Å²) in [5, 5.41) is 3.56. The molecule has 164 valence electrons. The van der Waals surface area contributed by atoms with Gasteiger partial charge in [0.2, 0.25) is 0 Å². The lowest BCUT2D eigenvalue weighted by Crippen LogP contribution is -2.49. The molecule has 0 atom stereocenters. The molecule has 0 aromatic heterocycles. The van der Waals surface area contributed by atoms with E-state index in [-0.39, 0.29) is 11.9 Å². The van der Waals surface area contributed by atoms with E-state index in [0.717, 1.165) is 24.2 Å². The molecular formula is C25H23Cl2N3O2. The fourth-order valence-corrected chi connectivity index (χ4v) is 4.06. The van der Waals surface area contributed by atoms with Gasteiger partial charge in [-0.1, -0.05) is 53.0 Å². The Labute approximate surface area is 197 Å². The first-order valence-electron chi connectivity index (χ1n) is 10.4. The minimum atomic E-state index is -0.283. The fourth-order valence-electron chi connectivity index (χ4n) is 3.76. The summed E-state index contributed by atoms with van der Waals surface area (Å²) in [5.74, 6) is -0.283. The van der Waals surface area contributed by atoms with Crippen molar-refractivity contribution >= 4 is 46.5 Å². The van der Waals surface area contributed by atoms with Gasteiger partial charge < -0.3 is 10.2 Å². The van der Waals surface area contributed by atoms with E-state index in [4.69, 9.17) is 23.2 Å². The van der Waals surface area contributed by atoms with Gasteiger partial charge in [-0.2, -0.15) is 0 Å². The monoisotopic (exact) mass is 467 g/mol. The number of nitrogens with zero attached hydrogens (tertiary/aromatic N) is 2. The topological polar surface area (TPSA) is 52.6 Å². The second kappa shape index (κ2) is 9.63. The molecular weight excluding hydrogens is 445 g/mol. The number of hydrogen-bond donors (Lipinski definition) is 1. The second-order valence-electron chi connectivity index (χ2n) is 7.83. The van der Waals surface area contributed by atoms with E-state index < -0.39 is 0 Å². The van der Waals surface area contributed by atoms with Crippen LogP contribution in [0.2, 0.25) is 10.0 Å². The lowest BCUT2D eigenvalue weighted by molar-refractivity contribution is 0.102. The number of amides is 3. The van der Waals surface area contributed by atoms with Crippen molar-refractivity contribution in [3.63, 3.8) is 0 Å². The first kappa shape index (κ1) is 22.2. The highest BCUT2D eigenvalue weighted by Crippen LogP contribution is 2.25. The van der Waals surface area contributed by atoms with Gasteiger partial charge in [0, 0.05) is 36.6 Å². The van der Waals surface area contributed by atoms with Gasteiger partial charge in [0.15, 0.2) is 0 Å². The molecule has 1 saturated heterocycles. The maximum absolute atomic E-state index is 13.1. The summed E-state index contributed by atoms with van der Waals surface area (Å²) in [6, 6.07) is 20.2. The van der Waals surface area contributed by atoms with Crippen molar-refractivity contribution < 1.29 is 9.59 Å². The van der Waals surface area contributed by atoms with E-state index in [2.05, 4.69) is 24.4 Å². The van der Waals surface area contributed by atoms with Crippen LogP contribution in [0.15, 0.2) is 66.7 Å². The summed E-state index contributed by atoms with van der Waals surface area (Å²) in [6.07, 6.45) is 0.896. The summed E-state index contributed by atoms with van der Waals surface area (Å²) in [5.41, 5.74) is 4.16. The van der Waals surface area contributed by atoms with Gasteiger partial charge in [-0.15, -0.1) is 0 Å². The van der Waals surface area contributed by atoms with E-state index in [1.807, 2.05) is 29.2 Å². The lowest BCUT2D eigenvalue weighted by Gasteiger charge is -2.35. The van der Waals surface area contributed by atoms with Gasteiger partial charge in [0.1, 0.15) is 0 Å². The molecule has 32 heavy (non-hydrogen) atoms. The number of halogens is 2. The van der Waals surface area contributed by atoms with Crippen molar-refractivity contribution in [2.75, 3.05) is 23.3 Å². The standard InChI is InChI=1S/C25H23Cl2N3O2/c1-17-4-2-5-18(14-17)16-29-12-3-13-30(25(29)32)21-9-7-20(8-10-21)28-24(31)19-6-11-22(26)23(27)15-19/h2,4-11,14-15H,3,12-13,16H2,1H3,(H,28,31). The van der Waals surface area contributed by atoms with Gasteiger partial charge >= 0.3 is 6.03 Å². The smallest absolute Gasteiger partial charge is 0.322 e. The number of carbonyl (C=O) groups excluding carboxylic acids is 2. The third-order valence-corrected chi connectivity index (χ3v) is 6.12. The number of anilines is 2. The van der Waals surface area contributed by atoms with E-state index in [1.54, 1.807) is 29.2 Å². The molecule has 0 bridgehead atoms. The number of nitrogens with one attached hydrogen (secondary N) is 1. The quantitative estimate of drug-likeness (QED) is 0.472. The second-order valence-corrected chi connectivity index (χ2v) is 8.64. The summed E-state index contributed by atoms with van der Waals surface area (Å²) < 4.78 is 0. The van der Waals surface area contributed by atoms with Crippen LogP contribution in [0.1, 0.15) is 27.9 Å². The Morgan fingerprint density at radius 3 is 2.47 bits per heavy atom. The molecule has 0 unspecified atom stereocenters. The molecule has 1 N–H and O–H groups in total.